The van der Waals surface area contributed by atoms with Gasteiger partial charge in [-0.05, 0) is 17.9 Å². The van der Waals surface area contributed by atoms with Gasteiger partial charge >= 0.3 is 0 Å². The molecule has 0 spiro atoms. The zero-order chi connectivity index (χ0) is 13.1. The molecule has 1 N–H and O–H groups in total. The number of para-hydroxylation sites is 1. The van der Waals surface area contributed by atoms with Crippen LogP contribution in [0.25, 0.3) is 0 Å². The Morgan fingerprint density at radius 1 is 1.39 bits per heavy atom. The maximum atomic E-state index is 11.8. The number of carbonyl (C=O) groups excluding carboxylic acids is 2. The lowest BCUT2D eigenvalue weighted by atomic mass is 10.2. The molecule has 96 valence electrons. The third kappa shape index (κ3) is 2.51. The number of carbonyl (C=O) groups is 2. The summed E-state index contributed by atoms with van der Waals surface area (Å²) in [4.78, 5) is 25.6. The predicted molar refractivity (Wildman–Crippen MR) is 72.6 cm³/mol. The van der Waals surface area contributed by atoms with E-state index in [2.05, 4.69) is 12.2 Å². The third-order valence-electron chi connectivity index (χ3n) is 2.90. The van der Waals surface area contributed by atoms with E-state index >= 15 is 0 Å². The molecule has 2 rings (SSSR count). The molecule has 4 nitrogen and oxygen atoms in total. The van der Waals surface area contributed by atoms with E-state index in [0.29, 0.717) is 0 Å². The number of likely N-dealkylation sites (tertiary alicyclic amines) is 1. The average molecular weight is 264 g/mol. The topological polar surface area (TPSA) is 49.4 Å². The molecule has 2 amide bonds. The van der Waals surface area contributed by atoms with Crippen LogP contribution in [0, 0.1) is 0 Å². The highest BCUT2D eigenvalue weighted by Gasteiger charge is 2.36. The van der Waals surface area contributed by atoms with Crippen molar-refractivity contribution < 1.29 is 9.59 Å². The first kappa shape index (κ1) is 13.0. The third-order valence-corrected chi connectivity index (χ3v) is 3.85. The van der Waals surface area contributed by atoms with E-state index in [4.69, 9.17) is 0 Å². The van der Waals surface area contributed by atoms with Crippen LogP contribution < -0.4 is 5.32 Å². The molecule has 1 atom stereocenters. The van der Waals surface area contributed by atoms with Crippen molar-refractivity contribution in [2.24, 2.45) is 0 Å². The summed E-state index contributed by atoms with van der Waals surface area (Å²) in [5.41, 5.74) is 0.922. The molecule has 0 radical (unpaired) electrons. The van der Waals surface area contributed by atoms with Crippen LogP contribution in [-0.2, 0) is 9.59 Å². The number of anilines is 1. The lowest BCUT2D eigenvalue weighted by molar-refractivity contribution is -0.136. The first-order valence-corrected chi connectivity index (χ1v) is 6.90. The minimum Gasteiger partial charge on any atom is -0.372 e. The Morgan fingerprint density at radius 3 is 2.72 bits per heavy atom. The van der Waals surface area contributed by atoms with Crippen LogP contribution in [0.4, 0.5) is 5.69 Å². The van der Waals surface area contributed by atoms with E-state index in [1.54, 1.807) is 11.8 Å². The minimum absolute atomic E-state index is 0.127. The highest BCUT2D eigenvalue weighted by Crippen LogP contribution is 2.28. The summed E-state index contributed by atoms with van der Waals surface area (Å²) in [6, 6.07) is 7.42. The van der Waals surface area contributed by atoms with Gasteiger partial charge in [0.05, 0.1) is 6.42 Å². The number of hydrogen-bond donors (Lipinski definition) is 1. The van der Waals surface area contributed by atoms with Crippen molar-refractivity contribution in [2.75, 3.05) is 18.1 Å². The summed E-state index contributed by atoms with van der Waals surface area (Å²) in [5, 5.41) is 3.17. The van der Waals surface area contributed by atoms with Crippen molar-refractivity contribution in [3.63, 3.8) is 0 Å². The molecule has 1 aliphatic rings. The van der Waals surface area contributed by atoms with E-state index in [0.717, 1.165) is 16.3 Å². The average Bonchev–Trinajstić information content (AvgIpc) is 2.60. The zero-order valence-electron chi connectivity index (χ0n) is 10.5. The van der Waals surface area contributed by atoms with Crippen molar-refractivity contribution in [3.05, 3.63) is 24.3 Å². The fourth-order valence-corrected chi connectivity index (χ4v) is 2.69. The summed E-state index contributed by atoms with van der Waals surface area (Å²) in [7, 11) is 1.53. The van der Waals surface area contributed by atoms with Gasteiger partial charge in [-0.25, -0.2) is 0 Å². The summed E-state index contributed by atoms with van der Waals surface area (Å²) in [6.07, 6.45) is 0.237. The molecule has 0 aliphatic carbocycles. The van der Waals surface area contributed by atoms with Crippen molar-refractivity contribution in [2.45, 2.75) is 24.3 Å². The van der Waals surface area contributed by atoms with Gasteiger partial charge in [0.15, 0.2) is 0 Å². The molecule has 1 saturated heterocycles. The smallest absolute Gasteiger partial charge is 0.251 e. The Labute approximate surface area is 111 Å². The molecule has 1 aromatic carbocycles. The van der Waals surface area contributed by atoms with Crippen molar-refractivity contribution in [3.8, 4) is 0 Å². The molecule has 1 fully saturated rings. The summed E-state index contributed by atoms with van der Waals surface area (Å²) >= 11 is 1.72. The van der Waals surface area contributed by atoms with Gasteiger partial charge < -0.3 is 5.32 Å². The molecule has 1 aromatic rings. The van der Waals surface area contributed by atoms with Crippen molar-refractivity contribution in [1.82, 2.24) is 4.90 Å². The molecule has 5 heteroatoms. The molecule has 1 heterocycles. The van der Waals surface area contributed by atoms with Gasteiger partial charge in [0, 0.05) is 17.6 Å². The number of nitrogens with zero attached hydrogens (tertiary/aromatic N) is 1. The van der Waals surface area contributed by atoms with Gasteiger partial charge in [0.25, 0.3) is 5.91 Å². The minimum atomic E-state index is -0.430. The number of rotatable bonds is 4. The lowest BCUT2D eigenvalue weighted by Gasteiger charge is -2.15. The van der Waals surface area contributed by atoms with E-state index < -0.39 is 6.04 Å². The maximum absolute atomic E-state index is 11.8. The second-order valence-corrected chi connectivity index (χ2v) is 5.43. The van der Waals surface area contributed by atoms with Gasteiger partial charge in [0.2, 0.25) is 5.91 Å². The van der Waals surface area contributed by atoms with Gasteiger partial charge in [-0.2, -0.15) is 0 Å². The van der Waals surface area contributed by atoms with Gasteiger partial charge in [-0.3, -0.25) is 14.5 Å². The molecule has 0 aromatic heterocycles. The summed E-state index contributed by atoms with van der Waals surface area (Å²) in [6.45, 7) is 2.08. The molecule has 18 heavy (non-hydrogen) atoms. The lowest BCUT2D eigenvalue weighted by Crippen LogP contribution is -2.31. The maximum Gasteiger partial charge on any atom is 0.251 e. The van der Waals surface area contributed by atoms with E-state index in [-0.39, 0.29) is 18.2 Å². The Kier molecular flexibility index (Phi) is 3.91. The van der Waals surface area contributed by atoms with Crippen molar-refractivity contribution in [1.29, 1.82) is 0 Å². The normalized spacial score (nSPS) is 19.4. The Bertz CT molecular complexity index is 476. The van der Waals surface area contributed by atoms with Crippen LogP contribution in [0.15, 0.2) is 29.2 Å². The first-order valence-electron chi connectivity index (χ1n) is 5.92. The van der Waals surface area contributed by atoms with Gasteiger partial charge in [-0.1, -0.05) is 19.1 Å². The van der Waals surface area contributed by atoms with Crippen LogP contribution in [-0.4, -0.2) is 35.6 Å². The molecule has 1 unspecified atom stereocenters. The van der Waals surface area contributed by atoms with Crippen LogP contribution in [0.5, 0.6) is 0 Å². The highest BCUT2D eigenvalue weighted by molar-refractivity contribution is 7.99. The molecule has 0 saturated carbocycles. The monoisotopic (exact) mass is 264 g/mol. The Morgan fingerprint density at radius 2 is 2.11 bits per heavy atom. The second-order valence-electron chi connectivity index (χ2n) is 4.12. The van der Waals surface area contributed by atoms with E-state index in [9.17, 15) is 9.59 Å². The SMILES string of the molecule is CCSc1ccccc1NC1CC(=O)N(C)C1=O. The largest absolute Gasteiger partial charge is 0.372 e. The molecular weight excluding hydrogens is 248 g/mol. The quantitative estimate of drug-likeness (QED) is 0.667. The Balaban J connectivity index is 2.15. The first-order chi connectivity index (χ1) is 8.63. The van der Waals surface area contributed by atoms with Crippen LogP contribution in [0.2, 0.25) is 0 Å². The van der Waals surface area contributed by atoms with Crippen LogP contribution in [0.1, 0.15) is 13.3 Å². The fraction of sp³-hybridized carbons (Fsp3) is 0.385. The summed E-state index contributed by atoms with van der Waals surface area (Å²) in [5.74, 6) is 0.685. The van der Waals surface area contributed by atoms with Crippen LogP contribution >= 0.6 is 11.8 Å². The molecule has 0 bridgehead atoms. The highest BCUT2D eigenvalue weighted by atomic mass is 32.2. The zero-order valence-corrected chi connectivity index (χ0v) is 11.3. The van der Waals surface area contributed by atoms with Gasteiger partial charge in [-0.15, -0.1) is 11.8 Å². The number of benzene rings is 1. The number of hydrogen-bond acceptors (Lipinski definition) is 4. The standard InChI is InChI=1S/C13H16N2O2S/c1-3-18-11-7-5-4-6-9(11)14-10-8-12(16)15(2)13(10)17/h4-7,10,14H,3,8H2,1-2H3. The number of amides is 2. The summed E-state index contributed by atoms with van der Waals surface area (Å²) < 4.78 is 0. The number of nitrogens with one attached hydrogen (secondary N) is 1. The fourth-order valence-electron chi connectivity index (χ4n) is 1.92. The molecule has 1 aliphatic heterocycles. The number of thioether (sulfide) groups is 1. The Hall–Kier alpha value is -1.49. The van der Waals surface area contributed by atoms with Crippen molar-refractivity contribution >= 4 is 29.3 Å². The van der Waals surface area contributed by atoms with E-state index in [1.165, 1.54) is 11.9 Å². The predicted octanol–water partition coefficient (Wildman–Crippen LogP) is 1.97. The van der Waals surface area contributed by atoms with Crippen LogP contribution in [0.3, 0.4) is 0 Å². The van der Waals surface area contributed by atoms with E-state index in [1.807, 2.05) is 24.3 Å². The second kappa shape index (κ2) is 5.44. The van der Waals surface area contributed by atoms with Gasteiger partial charge in [0.1, 0.15) is 6.04 Å². The number of likely N-dealkylation sites (N-methyl/N-ethyl adjacent to an activating group) is 1. The molecular formula is C13H16N2O2S. The number of imide groups is 1.